The maximum atomic E-state index is 11.2. The van der Waals surface area contributed by atoms with Crippen molar-refractivity contribution in [2.24, 2.45) is 5.41 Å². The lowest BCUT2D eigenvalue weighted by molar-refractivity contribution is -0.150. The standard InChI is InChI=1S/C15H24N2O3/c1-14(2,3)11-9-16-12(20-11)10-17-7-5-15(4,6-8-17)13(18)19/h9H,5-8,10H2,1-4H3,(H,18,19). The van der Waals surface area contributed by atoms with Crippen molar-refractivity contribution in [1.82, 2.24) is 9.88 Å². The minimum atomic E-state index is -0.691. The summed E-state index contributed by atoms with van der Waals surface area (Å²) in [5.74, 6) is 0.914. The van der Waals surface area contributed by atoms with Crippen LogP contribution in [0.5, 0.6) is 0 Å². The molecule has 1 N–H and O–H groups in total. The minimum absolute atomic E-state index is 0.0327. The molecule has 1 aliphatic rings. The van der Waals surface area contributed by atoms with Gasteiger partial charge in [0.15, 0.2) is 0 Å². The van der Waals surface area contributed by atoms with Crippen LogP contribution in [0.1, 0.15) is 52.2 Å². The Kier molecular flexibility index (Phi) is 3.91. The molecule has 0 amide bonds. The Morgan fingerprint density at radius 3 is 2.50 bits per heavy atom. The van der Waals surface area contributed by atoms with E-state index in [1.165, 1.54) is 0 Å². The molecular weight excluding hydrogens is 256 g/mol. The fourth-order valence-corrected chi connectivity index (χ4v) is 2.34. The second-order valence-electron chi connectivity index (χ2n) is 7.01. The molecule has 1 aromatic heterocycles. The summed E-state index contributed by atoms with van der Waals surface area (Å²) >= 11 is 0. The van der Waals surface area contributed by atoms with E-state index < -0.39 is 11.4 Å². The van der Waals surface area contributed by atoms with E-state index in [9.17, 15) is 9.90 Å². The van der Waals surface area contributed by atoms with E-state index in [0.29, 0.717) is 25.3 Å². The Labute approximate surface area is 120 Å². The molecule has 1 aromatic rings. The number of hydrogen-bond acceptors (Lipinski definition) is 4. The highest BCUT2D eigenvalue weighted by Crippen LogP contribution is 2.31. The van der Waals surface area contributed by atoms with Gasteiger partial charge in [0.25, 0.3) is 0 Å². The maximum absolute atomic E-state index is 11.2. The molecule has 20 heavy (non-hydrogen) atoms. The van der Waals surface area contributed by atoms with Crippen molar-refractivity contribution >= 4 is 5.97 Å². The molecule has 0 spiro atoms. The van der Waals surface area contributed by atoms with Crippen molar-refractivity contribution in [2.75, 3.05) is 13.1 Å². The summed E-state index contributed by atoms with van der Waals surface area (Å²) in [6.45, 7) is 10.3. The number of rotatable bonds is 3. The van der Waals surface area contributed by atoms with E-state index in [2.05, 4.69) is 30.7 Å². The van der Waals surface area contributed by atoms with Gasteiger partial charge in [-0.25, -0.2) is 4.98 Å². The molecule has 1 fully saturated rings. The summed E-state index contributed by atoms with van der Waals surface area (Å²) in [6.07, 6.45) is 3.14. The van der Waals surface area contributed by atoms with Crippen LogP contribution in [0.4, 0.5) is 0 Å². The number of aromatic nitrogens is 1. The molecule has 2 heterocycles. The van der Waals surface area contributed by atoms with Crippen LogP contribution < -0.4 is 0 Å². The fraction of sp³-hybridized carbons (Fsp3) is 0.733. The highest BCUT2D eigenvalue weighted by Gasteiger charge is 2.37. The predicted molar refractivity (Wildman–Crippen MR) is 75.5 cm³/mol. The van der Waals surface area contributed by atoms with Gasteiger partial charge in [0.1, 0.15) is 5.76 Å². The number of piperidine rings is 1. The van der Waals surface area contributed by atoms with Crippen molar-refractivity contribution in [3.05, 3.63) is 17.8 Å². The highest BCUT2D eigenvalue weighted by atomic mass is 16.4. The van der Waals surface area contributed by atoms with E-state index in [1.807, 2.05) is 6.92 Å². The summed E-state index contributed by atoms with van der Waals surface area (Å²) in [7, 11) is 0. The molecule has 1 saturated heterocycles. The van der Waals surface area contributed by atoms with Crippen molar-refractivity contribution < 1.29 is 14.3 Å². The first kappa shape index (κ1) is 15.0. The van der Waals surface area contributed by atoms with Crippen LogP contribution in [0.2, 0.25) is 0 Å². The van der Waals surface area contributed by atoms with E-state index in [4.69, 9.17) is 4.42 Å². The monoisotopic (exact) mass is 280 g/mol. The third-order valence-corrected chi connectivity index (χ3v) is 4.13. The topological polar surface area (TPSA) is 66.6 Å². The fourth-order valence-electron chi connectivity index (χ4n) is 2.34. The zero-order valence-electron chi connectivity index (χ0n) is 12.8. The predicted octanol–water partition coefficient (Wildman–Crippen LogP) is 2.66. The molecule has 2 rings (SSSR count). The van der Waals surface area contributed by atoms with Gasteiger partial charge in [-0.2, -0.15) is 0 Å². The summed E-state index contributed by atoms with van der Waals surface area (Å²) in [4.78, 5) is 17.7. The number of carbonyl (C=O) groups is 1. The van der Waals surface area contributed by atoms with Gasteiger partial charge >= 0.3 is 5.97 Å². The molecule has 5 heteroatoms. The number of aliphatic carboxylic acids is 1. The zero-order chi connectivity index (χ0) is 15.0. The summed E-state index contributed by atoms with van der Waals surface area (Å²) in [5, 5.41) is 9.22. The van der Waals surface area contributed by atoms with E-state index in [-0.39, 0.29) is 5.41 Å². The molecule has 0 saturated carbocycles. The molecule has 0 aliphatic carbocycles. The van der Waals surface area contributed by atoms with Crippen molar-refractivity contribution in [1.29, 1.82) is 0 Å². The van der Waals surface area contributed by atoms with E-state index >= 15 is 0 Å². The smallest absolute Gasteiger partial charge is 0.309 e. The van der Waals surface area contributed by atoms with Crippen LogP contribution in [-0.2, 0) is 16.8 Å². The lowest BCUT2D eigenvalue weighted by Gasteiger charge is -2.35. The summed E-state index contributed by atoms with van der Waals surface area (Å²) in [5.41, 5.74) is -0.612. The maximum Gasteiger partial charge on any atom is 0.309 e. The van der Waals surface area contributed by atoms with Gasteiger partial charge in [-0.3, -0.25) is 9.69 Å². The van der Waals surface area contributed by atoms with Crippen LogP contribution in [-0.4, -0.2) is 34.0 Å². The number of carboxylic acid groups (broad SMARTS) is 1. The average Bonchev–Trinajstić information content (AvgIpc) is 2.80. The molecule has 0 aromatic carbocycles. The molecule has 0 unspecified atom stereocenters. The Morgan fingerprint density at radius 1 is 1.45 bits per heavy atom. The molecule has 0 bridgehead atoms. The van der Waals surface area contributed by atoms with Gasteiger partial charge in [-0.15, -0.1) is 0 Å². The molecular formula is C15H24N2O3. The normalized spacial score (nSPS) is 20.0. The Morgan fingerprint density at radius 2 is 2.05 bits per heavy atom. The second kappa shape index (κ2) is 5.20. The Balaban J connectivity index is 1.93. The Hall–Kier alpha value is -1.36. The van der Waals surface area contributed by atoms with Gasteiger partial charge < -0.3 is 9.52 Å². The molecule has 112 valence electrons. The van der Waals surface area contributed by atoms with Gasteiger partial charge in [0.2, 0.25) is 5.89 Å². The largest absolute Gasteiger partial charge is 0.481 e. The highest BCUT2D eigenvalue weighted by molar-refractivity contribution is 5.74. The SMILES string of the molecule is CC1(C(=O)O)CCN(Cc2ncc(C(C)(C)C)o2)CC1. The molecule has 1 aliphatic heterocycles. The quantitative estimate of drug-likeness (QED) is 0.922. The number of nitrogens with zero attached hydrogens (tertiary/aromatic N) is 2. The van der Waals surface area contributed by atoms with Crippen LogP contribution in [0, 0.1) is 5.41 Å². The van der Waals surface area contributed by atoms with E-state index in [0.717, 1.165) is 18.8 Å². The van der Waals surface area contributed by atoms with Crippen molar-refractivity contribution in [3.8, 4) is 0 Å². The molecule has 5 nitrogen and oxygen atoms in total. The van der Waals surface area contributed by atoms with Crippen LogP contribution in [0.15, 0.2) is 10.6 Å². The first-order valence-corrected chi connectivity index (χ1v) is 7.12. The molecule has 0 radical (unpaired) electrons. The molecule has 0 atom stereocenters. The van der Waals surface area contributed by atoms with Crippen LogP contribution in [0.3, 0.4) is 0 Å². The van der Waals surface area contributed by atoms with Crippen molar-refractivity contribution in [3.63, 3.8) is 0 Å². The summed E-state index contributed by atoms with van der Waals surface area (Å²) < 4.78 is 5.78. The van der Waals surface area contributed by atoms with Gasteiger partial charge in [0, 0.05) is 5.41 Å². The third-order valence-electron chi connectivity index (χ3n) is 4.13. The number of carboxylic acids is 1. The second-order valence-corrected chi connectivity index (χ2v) is 7.01. The Bertz CT molecular complexity index is 480. The van der Waals surface area contributed by atoms with Gasteiger partial charge in [0.05, 0.1) is 18.2 Å². The van der Waals surface area contributed by atoms with Crippen LogP contribution >= 0.6 is 0 Å². The summed E-state index contributed by atoms with van der Waals surface area (Å²) in [6, 6.07) is 0. The number of likely N-dealkylation sites (tertiary alicyclic amines) is 1. The van der Waals surface area contributed by atoms with Crippen molar-refractivity contribution in [2.45, 2.75) is 52.5 Å². The number of hydrogen-bond donors (Lipinski definition) is 1. The van der Waals surface area contributed by atoms with E-state index in [1.54, 1.807) is 6.20 Å². The zero-order valence-corrected chi connectivity index (χ0v) is 12.8. The number of oxazole rings is 1. The minimum Gasteiger partial charge on any atom is -0.481 e. The first-order valence-electron chi connectivity index (χ1n) is 7.12. The van der Waals surface area contributed by atoms with Crippen LogP contribution in [0.25, 0.3) is 0 Å². The lowest BCUT2D eigenvalue weighted by Crippen LogP contribution is -2.42. The van der Waals surface area contributed by atoms with Gasteiger partial charge in [-0.05, 0) is 32.9 Å². The van der Waals surface area contributed by atoms with Gasteiger partial charge in [-0.1, -0.05) is 20.8 Å². The lowest BCUT2D eigenvalue weighted by atomic mass is 9.80. The first-order chi connectivity index (χ1) is 9.21. The third kappa shape index (κ3) is 3.20. The average molecular weight is 280 g/mol.